The molecule has 0 heterocycles. The number of hydrogen-bond acceptors (Lipinski definition) is 2. The van der Waals surface area contributed by atoms with E-state index < -0.39 is 6.04 Å². The van der Waals surface area contributed by atoms with Crippen molar-refractivity contribution in [1.82, 2.24) is 5.32 Å². The summed E-state index contributed by atoms with van der Waals surface area (Å²) in [6, 6.07) is 3.76. The largest absolute Gasteiger partial charge is 0.351 e. The normalized spacial score (nSPS) is 11.6. The molecule has 1 aromatic carbocycles. The van der Waals surface area contributed by atoms with Gasteiger partial charge in [-0.1, -0.05) is 15.9 Å². The van der Waals surface area contributed by atoms with E-state index in [4.69, 9.17) is 12.2 Å². The maximum atomic E-state index is 13.3. The van der Waals surface area contributed by atoms with Gasteiger partial charge in [0.1, 0.15) is 5.82 Å². The fourth-order valence-corrected chi connectivity index (χ4v) is 1.62. The second kappa shape index (κ2) is 6.38. The highest BCUT2D eigenvalue weighted by Crippen LogP contribution is 2.15. The molecule has 1 rings (SSSR count). The third-order valence-corrected chi connectivity index (χ3v) is 2.63. The van der Waals surface area contributed by atoms with E-state index in [1.54, 1.807) is 12.1 Å². The van der Waals surface area contributed by atoms with E-state index in [1.165, 1.54) is 6.07 Å². The maximum Gasteiger partial charge on any atom is 0.238 e. The van der Waals surface area contributed by atoms with Crippen molar-refractivity contribution < 1.29 is 9.18 Å². The van der Waals surface area contributed by atoms with Gasteiger partial charge >= 0.3 is 0 Å². The number of rotatable bonds is 4. The van der Waals surface area contributed by atoms with Crippen molar-refractivity contribution in [2.45, 2.75) is 19.0 Å². The fourth-order valence-electron chi connectivity index (χ4n) is 1.21. The van der Waals surface area contributed by atoms with Crippen molar-refractivity contribution in [1.29, 1.82) is 0 Å². The van der Waals surface area contributed by atoms with Gasteiger partial charge in [-0.05, 0) is 18.2 Å². The van der Waals surface area contributed by atoms with Crippen LogP contribution in [0.25, 0.3) is 0 Å². The molecule has 0 aliphatic carbocycles. The van der Waals surface area contributed by atoms with E-state index >= 15 is 0 Å². The average molecular weight is 299 g/mol. The van der Waals surface area contributed by atoms with E-state index in [2.05, 4.69) is 27.2 Å². The first kappa shape index (κ1) is 13.7. The highest BCUT2D eigenvalue weighted by Gasteiger charge is 2.12. The topological polar surface area (TPSA) is 55.1 Å². The second-order valence-electron chi connectivity index (χ2n) is 3.47. The summed E-state index contributed by atoms with van der Waals surface area (Å²) < 4.78 is 14.1. The lowest BCUT2D eigenvalue weighted by Crippen LogP contribution is -2.40. The van der Waals surface area contributed by atoms with Crippen LogP contribution in [-0.2, 0) is 11.3 Å². The molecule has 1 unspecified atom stereocenters. The predicted octanol–water partition coefficient (Wildman–Crippen LogP) is 1.55. The van der Waals surface area contributed by atoms with Gasteiger partial charge in [0, 0.05) is 23.0 Å². The highest BCUT2D eigenvalue weighted by atomic mass is 79.9. The zero-order chi connectivity index (χ0) is 12.8. The summed E-state index contributed by atoms with van der Waals surface area (Å²) in [6.45, 7) is 0.0857. The van der Waals surface area contributed by atoms with Crippen LogP contribution in [0.15, 0.2) is 22.7 Å². The van der Waals surface area contributed by atoms with Crippen molar-refractivity contribution in [3.05, 3.63) is 34.1 Å². The third-order valence-electron chi connectivity index (χ3n) is 2.14. The number of halogens is 2. The minimum Gasteiger partial charge on any atom is -0.351 e. The Hall–Kier alpha value is -1.38. The first-order valence-electron chi connectivity index (χ1n) is 4.95. The molecule has 0 aliphatic heterocycles. The van der Waals surface area contributed by atoms with Gasteiger partial charge in [-0.25, -0.2) is 4.39 Å². The van der Waals surface area contributed by atoms with Crippen molar-refractivity contribution >= 4 is 21.8 Å². The van der Waals surface area contributed by atoms with Gasteiger partial charge in [0.05, 0.1) is 6.04 Å². The Balaban J connectivity index is 2.59. The Bertz CT molecular complexity index is 456. The first-order chi connectivity index (χ1) is 8.04. The Labute approximate surface area is 108 Å². The number of nitrogens with two attached hydrogens (primary N) is 1. The maximum absolute atomic E-state index is 13.3. The molecule has 0 saturated heterocycles. The van der Waals surface area contributed by atoms with Gasteiger partial charge in [-0.2, -0.15) is 0 Å². The van der Waals surface area contributed by atoms with Gasteiger partial charge in [0.25, 0.3) is 0 Å². The number of benzene rings is 1. The van der Waals surface area contributed by atoms with Gasteiger partial charge in [0.15, 0.2) is 0 Å². The molecule has 0 aromatic heterocycles. The summed E-state index contributed by atoms with van der Waals surface area (Å²) in [7, 11) is 0. The Morgan fingerprint density at radius 3 is 3.00 bits per heavy atom. The summed E-state index contributed by atoms with van der Waals surface area (Å²) in [5, 5.41) is 2.53. The van der Waals surface area contributed by atoms with Crippen LogP contribution in [-0.4, -0.2) is 11.9 Å². The predicted molar refractivity (Wildman–Crippen MR) is 67.4 cm³/mol. The molecule has 0 bridgehead atoms. The molecule has 0 spiro atoms. The summed E-state index contributed by atoms with van der Waals surface area (Å²) >= 11 is 3.23. The third kappa shape index (κ3) is 4.17. The lowest BCUT2D eigenvalue weighted by molar-refractivity contribution is -0.122. The average Bonchev–Trinajstić information content (AvgIpc) is 2.30. The summed E-state index contributed by atoms with van der Waals surface area (Å²) in [5.41, 5.74) is 5.89. The van der Waals surface area contributed by atoms with E-state index in [-0.39, 0.29) is 24.7 Å². The number of nitrogens with one attached hydrogen (secondary N) is 1. The number of terminal acetylenes is 1. The van der Waals surface area contributed by atoms with E-state index in [1.807, 2.05) is 0 Å². The van der Waals surface area contributed by atoms with Crippen LogP contribution in [0.2, 0.25) is 0 Å². The summed E-state index contributed by atoms with van der Waals surface area (Å²) in [4.78, 5) is 11.4. The fraction of sp³-hybridized carbons (Fsp3) is 0.250. The number of carbonyl (C=O) groups is 1. The highest BCUT2D eigenvalue weighted by molar-refractivity contribution is 9.10. The molecular formula is C12H12BrFN2O. The van der Waals surface area contributed by atoms with Gasteiger partial charge in [-0.15, -0.1) is 12.3 Å². The molecule has 3 nitrogen and oxygen atoms in total. The second-order valence-corrected chi connectivity index (χ2v) is 4.38. The van der Waals surface area contributed by atoms with E-state index in [9.17, 15) is 9.18 Å². The standard InChI is InChI=1S/C12H12BrFN2O/c1-2-3-11(15)12(17)16-7-8-6-9(13)4-5-10(8)14/h1,4-6,11H,3,7,15H2,(H,16,17). The van der Waals surface area contributed by atoms with Crippen LogP contribution < -0.4 is 11.1 Å². The lowest BCUT2D eigenvalue weighted by Gasteiger charge is -2.10. The quantitative estimate of drug-likeness (QED) is 0.829. The van der Waals surface area contributed by atoms with Crippen LogP contribution in [0.5, 0.6) is 0 Å². The Kier molecular flexibility index (Phi) is 5.13. The van der Waals surface area contributed by atoms with Crippen LogP contribution in [0.4, 0.5) is 4.39 Å². The minimum atomic E-state index is -0.754. The molecule has 0 aliphatic rings. The van der Waals surface area contributed by atoms with E-state index in [0.717, 1.165) is 4.47 Å². The van der Waals surface area contributed by atoms with Crippen molar-refractivity contribution in [2.24, 2.45) is 5.73 Å². The van der Waals surface area contributed by atoms with Gasteiger partial charge in [0.2, 0.25) is 5.91 Å². The molecule has 1 aromatic rings. The molecule has 90 valence electrons. The number of hydrogen-bond donors (Lipinski definition) is 2. The molecule has 0 saturated carbocycles. The zero-order valence-electron chi connectivity index (χ0n) is 9.04. The van der Waals surface area contributed by atoms with Gasteiger partial charge < -0.3 is 11.1 Å². The van der Waals surface area contributed by atoms with Crippen LogP contribution in [0, 0.1) is 18.2 Å². The molecule has 0 fully saturated rings. The summed E-state index contributed by atoms with van der Waals surface area (Å²) in [5.74, 6) is 1.54. The van der Waals surface area contributed by atoms with Crippen LogP contribution in [0.1, 0.15) is 12.0 Å². The molecule has 0 radical (unpaired) electrons. The molecule has 1 amide bonds. The first-order valence-corrected chi connectivity index (χ1v) is 5.74. The van der Waals surface area contributed by atoms with Crippen molar-refractivity contribution in [3.63, 3.8) is 0 Å². The molecule has 5 heteroatoms. The number of carbonyl (C=O) groups excluding carboxylic acids is 1. The van der Waals surface area contributed by atoms with Crippen molar-refractivity contribution in [3.8, 4) is 12.3 Å². The molecular weight excluding hydrogens is 287 g/mol. The SMILES string of the molecule is C#CCC(N)C(=O)NCc1cc(Br)ccc1F. The van der Waals surface area contributed by atoms with Crippen molar-refractivity contribution in [2.75, 3.05) is 0 Å². The van der Waals surface area contributed by atoms with Gasteiger partial charge in [-0.3, -0.25) is 4.79 Å². The van der Waals surface area contributed by atoms with Crippen LogP contribution in [0.3, 0.4) is 0 Å². The number of amides is 1. The summed E-state index contributed by atoms with van der Waals surface area (Å²) in [6.07, 6.45) is 5.20. The smallest absolute Gasteiger partial charge is 0.238 e. The molecule has 17 heavy (non-hydrogen) atoms. The zero-order valence-corrected chi connectivity index (χ0v) is 10.6. The molecule has 3 N–H and O–H groups in total. The monoisotopic (exact) mass is 298 g/mol. The molecule has 1 atom stereocenters. The van der Waals surface area contributed by atoms with Crippen LogP contribution >= 0.6 is 15.9 Å². The minimum absolute atomic E-state index is 0.0857. The Morgan fingerprint density at radius 1 is 1.65 bits per heavy atom. The Morgan fingerprint density at radius 2 is 2.35 bits per heavy atom. The van der Waals surface area contributed by atoms with E-state index in [0.29, 0.717) is 5.56 Å². The lowest BCUT2D eigenvalue weighted by atomic mass is 10.2.